The van der Waals surface area contributed by atoms with Crippen molar-refractivity contribution in [3.05, 3.63) is 59.3 Å². The summed E-state index contributed by atoms with van der Waals surface area (Å²) in [7, 11) is 3.73. The first-order valence-corrected chi connectivity index (χ1v) is 9.25. The number of aryl methyl sites for hydroxylation is 2. The summed E-state index contributed by atoms with van der Waals surface area (Å²) in [5.74, 6) is 1.27. The van der Waals surface area contributed by atoms with Gasteiger partial charge in [0.05, 0.1) is 0 Å². The van der Waals surface area contributed by atoms with E-state index in [0.717, 1.165) is 24.6 Å². The lowest BCUT2D eigenvalue weighted by Crippen LogP contribution is -2.39. The summed E-state index contributed by atoms with van der Waals surface area (Å²) in [5, 5.41) is 6.05. The molecule has 0 saturated heterocycles. The van der Waals surface area contributed by atoms with Gasteiger partial charge in [-0.15, -0.1) is 24.0 Å². The number of hydrogen-bond acceptors (Lipinski definition) is 3. The number of guanidine groups is 1. The molecule has 0 atom stereocenters. The summed E-state index contributed by atoms with van der Waals surface area (Å²) in [5.41, 5.74) is 3.43. The molecule has 0 aliphatic carbocycles. The van der Waals surface area contributed by atoms with Crippen LogP contribution < -0.4 is 10.6 Å². The van der Waals surface area contributed by atoms with Gasteiger partial charge in [0, 0.05) is 39.3 Å². The lowest BCUT2D eigenvalue weighted by Gasteiger charge is -2.22. The Bertz CT molecular complexity index is 777. The van der Waals surface area contributed by atoms with Gasteiger partial charge in [0.2, 0.25) is 5.91 Å². The first-order chi connectivity index (χ1) is 13.0. The molecule has 1 heterocycles. The number of aliphatic imine (C=N–C) groups is 1. The Balaban J connectivity index is 0.00000392. The topological polar surface area (TPSA) is 69.6 Å². The maximum atomic E-state index is 12.1. The van der Waals surface area contributed by atoms with E-state index >= 15 is 0 Å². The smallest absolute Gasteiger partial charge is 0.227 e. The SMILES string of the molecule is CCc1ccc(CN(C)C(=NC)NCCC(=O)Nc2cccc(C)n2)cc1.I. The standard InChI is InChI=1S/C21H29N5O.HI/c1-5-17-9-11-18(12-10-17)15-26(4)21(22-3)23-14-13-20(27)25-19-8-6-7-16(2)24-19;/h6-12H,5,13-15H2,1-4H3,(H,22,23)(H,24,25,27);1H. The zero-order chi connectivity index (χ0) is 19.6. The van der Waals surface area contributed by atoms with Gasteiger partial charge in [-0.2, -0.15) is 0 Å². The van der Waals surface area contributed by atoms with Gasteiger partial charge in [0.25, 0.3) is 0 Å². The Morgan fingerprint density at radius 2 is 1.82 bits per heavy atom. The van der Waals surface area contributed by atoms with E-state index < -0.39 is 0 Å². The van der Waals surface area contributed by atoms with Gasteiger partial charge in [-0.3, -0.25) is 9.79 Å². The number of carbonyl (C=O) groups is 1. The second kappa shape index (κ2) is 12.3. The van der Waals surface area contributed by atoms with Gasteiger partial charge in [-0.1, -0.05) is 37.3 Å². The molecule has 1 amide bonds. The maximum absolute atomic E-state index is 12.1. The summed E-state index contributed by atoms with van der Waals surface area (Å²) >= 11 is 0. The van der Waals surface area contributed by atoms with E-state index in [9.17, 15) is 4.79 Å². The number of nitrogens with one attached hydrogen (secondary N) is 2. The molecule has 152 valence electrons. The molecule has 0 saturated carbocycles. The number of nitrogens with zero attached hydrogens (tertiary/aromatic N) is 3. The van der Waals surface area contributed by atoms with E-state index in [2.05, 4.69) is 51.8 Å². The first-order valence-electron chi connectivity index (χ1n) is 9.25. The molecule has 0 spiro atoms. The first kappa shape index (κ1) is 23.9. The van der Waals surface area contributed by atoms with Crippen molar-refractivity contribution in [1.82, 2.24) is 15.2 Å². The molecule has 1 aromatic heterocycles. The number of amides is 1. The summed E-state index contributed by atoms with van der Waals surface area (Å²) in [4.78, 5) is 22.7. The number of halogens is 1. The molecule has 2 N–H and O–H groups in total. The zero-order valence-corrected chi connectivity index (χ0v) is 19.4. The van der Waals surface area contributed by atoms with E-state index in [1.807, 2.05) is 31.0 Å². The van der Waals surface area contributed by atoms with Gasteiger partial charge in [-0.25, -0.2) is 4.98 Å². The molecule has 6 nitrogen and oxygen atoms in total. The average molecular weight is 495 g/mol. The second-order valence-corrected chi connectivity index (χ2v) is 6.46. The molecule has 0 aliphatic rings. The van der Waals surface area contributed by atoms with E-state index in [1.54, 1.807) is 13.1 Å². The van der Waals surface area contributed by atoms with Gasteiger partial charge in [-0.05, 0) is 36.6 Å². The van der Waals surface area contributed by atoms with Gasteiger partial charge in [0.15, 0.2) is 5.96 Å². The number of hydrogen-bond donors (Lipinski definition) is 2. The van der Waals surface area contributed by atoms with Crippen LogP contribution in [-0.2, 0) is 17.8 Å². The van der Waals surface area contributed by atoms with Crippen molar-refractivity contribution in [2.24, 2.45) is 4.99 Å². The molecule has 0 fully saturated rings. The Labute approximate surface area is 184 Å². The van der Waals surface area contributed by atoms with E-state index in [0.29, 0.717) is 18.8 Å². The van der Waals surface area contributed by atoms with Crippen LogP contribution >= 0.6 is 24.0 Å². The number of anilines is 1. The van der Waals surface area contributed by atoms with Crippen LogP contribution in [0, 0.1) is 6.92 Å². The second-order valence-electron chi connectivity index (χ2n) is 6.46. The summed E-state index contributed by atoms with van der Waals surface area (Å²) in [6.45, 7) is 5.30. The molecule has 0 aliphatic heterocycles. The lowest BCUT2D eigenvalue weighted by molar-refractivity contribution is -0.116. The molecular weight excluding hydrogens is 465 g/mol. The Morgan fingerprint density at radius 3 is 2.43 bits per heavy atom. The van der Waals surface area contributed by atoms with Gasteiger partial charge >= 0.3 is 0 Å². The predicted octanol–water partition coefficient (Wildman–Crippen LogP) is 3.61. The van der Waals surface area contributed by atoms with Crippen molar-refractivity contribution in [3.8, 4) is 0 Å². The van der Waals surface area contributed by atoms with Crippen molar-refractivity contribution >= 4 is 41.7 Å². The third-order valence-corrected chi connectivity index (χ3v) is 4.22. The molecule has 7 heteroatoms. The van der Waals surface area contributed by atoms with Crippen LogP contribution in [0.25, 0.3) is 0 Å². The van der Waals surface area contributed by atoms with E-state index in [1.165, 1.54) is 11.1 Å². The minimum atomic E-state index is -0.0751. The predicted molar refractivity (Wildman–Crippen MR) is 126 cm³/mol. The highest BCUT2D eigenvalue weighted by molar-refractivity contribution is 14.0. The molecule has 0 unspecified atom stereocenters. The van der Waals surface area contributed by atoms with Crippen LogP contribution in [0.2, 0.25) is 0 Å². The Morgan fingerprint density at radius 1 is 1.14 bits per heavy atom. The molecule has 28 heavy (non-hydrogen) atoms. The average Bonchev–Trinajstić information content (AvgIpc) is 2.65. The molecule has 0 radical (unpaired) electrons. The van der Waals surface area contributed by atoms with Crippen LogP contribution in [-0.4, -0.2) is 42.4 Å². The molecule has 2 rings (SSSR count). The maximum Gasteiger partial charge on any atom is 0.227 e. The van der Waals surface area contributed by atoms with Crippen molar-refractivity contribution in [2.75, 3.05) is 26.0 Å². The molecule has 1 aromatic carbocycles. The van der Waals surface area contributed by atoms with Crippen LogP contribution in [0.5, 0.6) is 0 Å². The van der Waals surface area contributed by atoms with E-state index in [-0.39, 0.29) is 29.9 Å². The van der Waals surface area contributed by atoms with E-state index in [4.69, 9.17) is 0 Å². The Hall–Kier alpha value is -2.16. The van der Waals surface area contributed by atoms with Crippen LogP contribution in [0.1, 0.15) is 30.2 Å². The minimum Gasteiger partial charge on any atom is -0.356 e. The van der Waals surface area contributed by atoms with Crippen molar-refractivity contribution in [1.29, 1.82) is 0 Å². The highest BCUT2D eigenvalue weighted by Crippen LogP contribution is 2.08. The highest BCUT2D eigenvalue weighted by atomic mass is 127. The number of pyridine rings is 1. The van der Waals surface area contributed by atoms with Gasteiger partial charge < -0.3 is 15.5 Å². The molecule has 2 aromatic rings. The number of aromatic nitrogens is 1. The molecular formula is C21H30IN5O. The number of carbonyl (C=O) groups excluding carboxylic acids is 1. The normalized spacial score (nSPS) is 10.8. The zero-order valence-electron chi connectivity index (χ0n) is 17.0. The van der Waals surface area contributed by atoms with Crippen molar-refractivity contribution in [2.45, 2.75) is 33.2 Å². The fourth-order valence-electron chi connectivity index (χ4n) is 2.72. The number of benzene rings is 1. The third kappa shape index (κ3) is 7.84. The fraction of sp³-hybridized carbons (Fsp3) is 0.381. The number of rotatable bonds is 7. The van der Waals surface area contributed by atoms with Crippen LogP contribution in [0.4, 0.5) is 5.82 Å². The largest absolute Gasteiger partial charge is 0.356 e. The Kier molecular flexibility index (Phi) is 10.5. The third-order valence-electron chi connectivity index (χ3n) is 4.22. The quantitative estimate of drug-likeness (QED) is 0.350. The van der Waals surface area contributed by atoms with Crippen molar-refractivity contribution in [3.63, 3.8) is 0 Å². The molecule has 0 bridgehead atoms. The summed E-state index contributed by atoms with van der Waals surface area (Å²) in [6.07, 6.45) is 1.38. The fourth-order valence-corrected chi connectivity index (χ4v) is 2.72. The van der Waals surface area contributed by atoms with Crippen LogP contribution in [0.15, 0.2) is 47.5 Å². The monoisotopic (exact) mass is 495 g/mol. The van der Waals surface area contributed by atoms with Crippen molar-refractivity contribution < 1.29 is 4.79 Å². The van der Waals surface area contributed by atoms with Gasteiger partial charge in [0.1, 0.15) is 5.82 Å². The minimum absolute atomic E-state index is 0. The highest BCUT2D eigenvalue weighted by Gasteiger charge is 2.08. The summed E-state index contributed by atoms with van der Waals surface area (Å²) in [6, 6.07) is 14.2. The van der Waals surface area contributed by atoms with Crippen LogP contribution in [0.3, 0.4) is 0 Å². The lowest BCUT2D eigenvalue weighted by atomic mass is 10.1. The summed E-state index contributed by atoms with van der Waals surface area (Å²) < 4.78 is 0.